The van der Waals surface area contributed by atoms with Crippen LogP contribution < -0.4 is 5.32 Å². The molecule has 0 radical (unpaired) electrons. The van der Waals surface area contributed by atoms with Gasteiger partial charge in [0.25, 0.3) is 5.91 Å². The van der Waals surface area contributed by atoms with Gasteiger partial charge in [-0.1, -0.05) is 37.4 Å². The molecule has 2 atom stereocenters. The highest BCUT2D eigenvalue weighted by molar-refractivity contribution is 6.33. The zero-order valence-electron chi connectivity index (χ0n) is 15.9. The minimum atomic E-state index is -1.11. The van der Waals surface area contributed by atoms with Crippen molar-refractivity contribution in [2.75, 3.05) is 0 Å². The van der Waals surface area contributed by atoms with E-state index in [-0.39, 0.29) is 22.2 Å². The number of nitrogens with one attached hydrogen (secondary N) is 1. The number of halogens is 1. The second-order valence-electron chi connectivity index (χ2n) is 7.21. The first-order valence-electron chi connectivity index (χ1n) is 9.44. The number of furan rings is 1. The lowest BCUT2D eigenvalue weighted by Crippen LogP contribution is -2.41. The van der Waals surface area contributed by atoms with Crippen LogP contribution in [0.1, 0.15) is 48.7 Å². The van der Waals surface area contributed by atoms with Crippen molar-refractivity contribution >= 4 is 29.6 Å². The number of carboxylic acid groups (broad SMARTS) is 1. The molecular weight excluding hydrogens is 392 g/mol. The normalized spacial score (nSPS) is 19.4. The molecule has 1 fully saturated rings. The van der Waals surface area contributed by atoms with Gasteiger partial charge in [-0.15, -0.1) is 0 Å². The third kappa shape index (κ3) is 4.87. The molecule has 0 bridgehead atoms. The van der Waals surface area contributed by atoms with Crippen molar-refractivity contribution in [3.63, 3.8) is 0 Å². The molecule has 1 aliphatic rings. The van der Waals surface area contributed by atoms with Crippen LogP contribution in [0.15, 0.2) is 40.3 Å². The van der Waals surface area contributed by atoms with Crippen LogP contribution in [0, 0.1) is 17.2 Å². The summed E-state index contributed by atoms with van der Waals surface area (Å²) in [6, 6.07) is 9.82. The number of hydrogen-bond donors (Lipinski definition) is 2. The number of carbonyl (C=O) groups is 2. The third-order valence-electron chi connectivity index (χ3n) is 5.19. The minimum absolute atomic E-state index is 0.00229. The van der Waals surface area contributed by atoms with E-state index in [1.165, 1.54) is 24.6 Å². The van der Waals surface area contributed by atoms with Gasteiger partial charge in [-0.3, -0.25) is 4.79 Å². The summed E-state index contributed by atoms with van der Waals surface area (Å²) in [5, 5.41) is 21.5. The maximum atomic E-state index is 12.5. The predicted molar refractivity (Wildman–Crippen MR) is 109 cm³/mol. The van der Waals surface area contributed by atoms with E-state index in [2.05, 4.69) is 12.2 Å². The Morgan fingerprint density at radius 1 is 1.28 bits per heavy atom. The van der Waals surface area contributed by atoms with Gasteiger partial charge in [0.15, 0.2) is 0 Å². The molecule has 29 heavy (non-hydrogen) atoms. The number of amides is 1. The van der Waals surface area contributed by atoms with E-state index in [4.69, 9.17) is 21.1 Å². The first kappa shape index (κ1) is 20.7. The fraction of sp³-hybridized carbons (Fsp3) is 0.318. The summed E-state index contributed by atoms with van der Waals surface area (Å²) in [6.45, 7) is 2.11. The molecule has 7 heteroatoms. The van der Waals surface area contributed by atoms with E-state index < -0.39 is 11.9 Å². The molecule has 150 valence electrons. The molecule has 2 aromatic rings. The molecular formula is C22H21ClN2O4. The number of aromatic carboxylic acids is 1. The predicted octanol–water partition coefficient (Wildman–Crippen LogP) is 4.90. The highest BCUT2D eigenvalue weighted by Gasteiger charge is 2.24. The summed E-state index contributed by atoms with van der Waals surface area (Å²) in [5.41, 5.74) is 0.573. The molecule has 1 heterocycles. The first-order chi connectivity index (χ1) is 13.9. The Bertz CT molecular complexity index is 1000. The zero-order chi connectivity index (χ0) is 21.0. The largest absolute Gasteiger partial charge is 0.478 e. The van der Waals surface area contributed by atoms with Crippen LogP contribution in [0.4, 0.5) is 0 Å². The standard InChI is InChI=1S/C22H21ClN2O4/c1-13-4-2-3-5-19(13)25-21(26)15(12-24)10-16-7-9-20(29-16)14-6-8-17(22(27)28)18(23)11-14/h6-11,13,19H,2-5H2,1H3,(H,25,26)(H,27,28)/b15-10+/t13-,19-/m1/s1. The Morgan fingerprint density at radius 2 is 2.03 bits per heavy atom. The van der Waals surface area contributed by atoms with Gasteiger partial charge in [0, 0.05) is 17.7 Å². The molecule has 1 aliphatic carbocycles. The average Bonchev–Trinajstić information content (AvgIpc) is 3.16. The number of hydrogen-bond acceptors (Lipinski definition) is 4. The van der Waals surface area contributed by atoms with Crippen LogP contribution in [0.5, 0.6) is 0 Å². The Hall–Kier alpha value is -3.04. The van der Waals surface area contributed by atoms with Gasteiger partial charge in [0.05, 0.1) is 10.6 Å². The van der Waals surface area contributed by atoms with Crippen molar-refractivity contribution in [3.05, 3.63) is 52.3 Å². The van der Waals surface area contributed by atoms with Crippen molar-refractivity contribution in [2.45, 2.75) is 38.6 Å². The maximum absolute atomic E-state index is 12.5. The summed E-state index contributed by atoms with van der Waals surface area (Å²) in [5.74, 6) is -0.323. The lowest BCUT2D eigenvalue weighted by atomic mass is 9.86. The Morgan fingerprint density at radius 3 is 2.69 bits per heavy atom. The van der Waals surface area contributed by atoms with Crippen LogP contribution in [-0.4, -0.2) is 23.0 Å². The van der Waals surface area contributed by atoms with E-state index >= 15 is 0 Å². The fourth-order valence-corrected chi connectivity index (χ4v) is 3.76. The third-order valence-corrected chi connectivity index (χ3v) is 5.50. The highest BCUT2D eigenvalue weighted by Crippen LogP contribution is 2.28. The summed E-state index contributed by atoms with van der Waals surface area (Å²) >= 11 is 6.00. The van der Waals surface area contributed by atoms with E-state index in [1.807, 2.05) is 6.07 Å². The Labute approximate surface area is 173 Å². The average molecular weight is 413 g/mol. The molecule has 0 saturated heterocycles. The van der Waals surface area contributed by atoms with Gasteiger partial charge in [-0.25, -0.2) is 4.79 Å². The molecule has 1 aromatic heterocycles. The molecule has 0 unspecified atom stereocenters. The molecule has 1 amide bonds. The second-order valence-corrected chi connectivity index (χ2v) is 7.62. The van der Waals surface area contributed by atoms with Gasteiger partial charge in [0.1, 0.15) is 23.2 Å². The summed E-state index contributed by atoms with van der Waals surface area (Å²) in [6.07, 6.45) is 5.64. The molecule has 0 spiro atoms. The molecule has 1 saturated carbocycles. The van der Waals surface area contributed by atoms with Crippen molar-refractivity contribution in [1.82, 2.24) is 5.32 Å². The van der Waals surface area contributed by atoms with Crippen LogP contribution >= 0.6 is 11.6 Å². The van der Waals surface area contributed by atoms with Gasteiger partial charge >= 0.3 is 5.97 Å². The monoisotopic (exact) mass is 412 g/mol. The van der Waals surface area contributed by atoms with Gasteiger partial charge < -0.3 is 14.8 Å². The zero-order valence-corrected chi connectivity index (χ0v) is 16.7. The molecule has 0 aliphatic heterocycles. The van der Waals surface area contributed by atoms with E-state index in [0.29, 0.717) is 23.0 Å². The van der Waals surface area contributed by atoms with Crippen LogP contribution in [0.2, 0.25) is 5.02 Å². The number of carboxylic acids is 1. The molecule has 2 N–H and O–H groups in total. The summed E-state index contributed by atoms with van der Waals surface area (Å²) in [7, 11) is 0. The number of nitrogens with zero attached hydrogens (tertiary/aromatic N) is 1. The maximum Gasteiger partial charge on any atom is 0.337 e. The van der Waals surface area contributed by atoms with Gasteiger partial charge in [-0.05, 0) is 43.0 Å². The van der Waals surface area contributed by atoms with Gasteiger partial charge in [0.2, 0.25) is 0 Å². The number of rotatable bonds is 5. The molecule has 3 rings (SSSR count). The minimum Gasteiger partial charge on any atom is -0.478 e. The van der Waals surface area contributed by atoms with Crippen LogP contribution in [-0.2, 0) is 4.79 Å². The molecule has 6 nitrogen and oxygen atoms in total. The van der Waals surface area contributed by atoms with E-state index in [9.17, 15) is 14.9 Å². The van der Waals surface area contributed by atoms with Crippen molar-refractivity contribution < 1.29 is 19.1 Å². The number of benzene rings is 1. The fourth-order valence-electron chi connectivity index (χ4n) is 3.50. The van der Waals surface area contributed by atoms with Crippen LogP contribution in [0.25, 0.3) is 17.4 Å². The van der Waals surface area contributed by atoms with Crippen molar-refractivity contribution in [3.8, 4) is 17.4 Å². The summed E-state index contributed by atoms with van der Waals surface area (Å²) in [4.78, 5) is 23.6. The van der Waals surface area contributed by atoms with Crippen LogP contribution in [0.3, 0.4) is 0 Å². The lowest BCUT2D eigenvalue weighted by Gasteiger charge is -2.29. The quantitative estimate of drug-likeness (QED) is 0.537. The topological polar surface area (TPSA) is 103 Å². The number of nitriles is 1. The first-order valence-corrected chi connectivity index (χ1v) is 9.82. The Balaban J connectivity index is 1.77. The summed E-state index contributed by atoms with van der Waals surface area (Å²) < 4.78 is 5.71. The lowest BCUT2D eigenvalue weighted by molar-refractivity contribution is -0.118. The Kier molecular flexibility index (Phi) is 6.40. The number of carbonyl (C=O) groups excluding carboxylic acids is 1. The smallest absolute Gasteiger partial charge is 0.337 e. The van der Waals surface area contributed by atoms with E-state index in [0.717, 1.165) is 19.3 Å². The van der Waals surface area contributed by atoms with E-state index in [1.54, 1.807) is 18.2 Å². The van der Waals surface area contributed by atoms with Crippen molar-refractivity contribution in [2.24, 2.45) is 5.92 Å². The van der Waals surface area contributed by atoms with Gasteiger partial charge in [-0.2, -0.15) is 5.26 Å². The second kappa shape index (κ2) is 8.97. The SMILES string of the molecule is C[C@@H]1CCCC[C@H]1NC(=O)/C(C#N)=C/c1ccc(-c2ccc(C(=O)O)c(Cl)c2)o1. The highest BCUT2D eigenvalue weighted by atomic mass is 35.5. The molecule has 1 aromatic carbocycles. The van der Waals surface area contributed by atoms with Crippen molar-refractivity contribution in [1.29, 1.82) is 5.26 Å².